The van der Waals surface area contributed by atoms with Crippen molar-refractivity contribution in [3.05, 3.63) is 58.9 Å². The van der Waals surface area contributed by atoms with Crippen LogP contribution in [-0.4, -0.2) is 20.0 Å². The highest BCUT2D eigenvalue weighted by Crippen LogP contribution is 2.19. The van der Waals surface area contributed by atoms with Gasteiger partial charge in [0, 0.05) is 11.6 Å². The van der Waals surface area contributed by atoms with Crippen LogP contribution in [0.4, 0.5) is 5.13 Å². The van der Waals surface area contributed by atoms with Crippen molar-refractivity contribution in [2.45, 2.75) is 25.8 Å². The van der Waals surface area contributed by atoms with Gasteiger partial charge in [-0.3, -0.25) is 0 Å². The van der Waals surface area contributed by atoms with Crippen molar-refractivity contribution in [3.63, 3.8) is 0 Å². The lowest BCUT2D eigenvalue weighted by atomic mass is 9.97. The van der Waals surface area contributed by atoms with Crippen LogP contribution in [0.3, 0.4) is 0 Å². The molecule has 1 aromatic carbocycles. The predicted molar refractivity (Wildman–Crippen MR) is 84.2 cm³/mol. The molecule has 0 saturated carbocycles. The highest BCUT2D eigenvalue weighted by Gasteiger charge is 2.10. The Kier molecular flexibility index (Phi) is 3.96. The number of hydrogen-bond acceptors (Lipinski definition) is 5. The predicted octanol–water partition coefficient (Wildman–Crippen LogP) is 2.71. The Morgan fingerprint density at radius 1 is 1.24 bits per heavy atom. The third kappa shape index (κ3) is 3.46. The highest BCUT2D eigenvalue weighted by molar-refractivity contribution is 7.13. The number of anilines is 1. The van der Waals surface area contributed by atoms with E-state index in [0.717, 1.165) is 17.8 Å². The van der Waals surface area contributed by atoms with E-state index in [2.05, 4.69) is 46.5 Å². The fourth-order valence-electron chi connectivity index (χ4n) is 2.28. The summed E-state index contributed by atoms with van der Waals surface area (Å²) in [5, 5.41) is 10.9. The van der Waals surface area contributed by atoms with E-state index in [4.69, 9.17) is 5.73 Å². The van der Waals surface area contributed by atoms with Crippen molar-refractivity contribution in [1.29, 1.82) is 0 Å². The summed E-state index contributed by atoms with van der Waals surface area (Å²) in [6.45, 7) is 2.82. The molecule has 0 amide bonds. The molecule has 3 rings (SSSR count). The van der Waals surface area contributed by atoms with Gasteiger partial charge >= 0.3 is 0 Å². The molecule has 0 spiro atoms. The summed E-state index contributed by atoms with van der Waals surface area (Å²) in [5.74, 6) is 0.422. The van der Waals surface area contributed by atoms with Crippen molar-refractivity contribution in [1.82, 2.24) is 20.0 Å². The molecular formula is C15H17N5S. The van der Waals surface area contributed by atoms with E-state index in [1.165, 1.54) is 16.9 Å². The Morgan fingerprint density at radius 3 is 2.76 bits per heavy atom. The van der Waals surface area contributed by atoms with Crippen LogP contribution in [0.2, 0.25) is 0 Å². The first kappa shape index (κ1) is 13.8. The highest BCUT2D eigenvalue weighted by atomic mass is 32.1. The van der Waals surface area contributed by atoms with Crippen molar-refractivity contribution in [3.8, 4) is 0 Å². The first-order valence-electron chi connectivity index (χ1n) is 6.84. The molecule has 0 aliphatic heterocycles. The summed E-state index contributed by atoms with van der Waals surface area (Å²) in [6.07, 6.45) is 2.86. The number of hydrogen-bond donors (Lipinski definition) is 1. The molecule has 0 bridgehead atoms. The van der Waals surface area contributed by atoms with Gasteiger partial charge in [0.25, 0.3) is 0 Å². The van der Waals surface area contributed by atoms with Crippen molar-refractivity contribution < 1.29 is 0 Å². The maximum Gasteiger partial charge on any atom is 0.180 e. The minimum absolute atomic E-state index is 0.422. The van der Waals surface area contributed by atoms with Gasteiger partial charge in [-0.05, 0) is 17.9 Å². The number of rotatable bonds is 5. The number of nitrogens with two attached hydrogens (primary N) is 1. The number of benzene rings is 1. The SMILES string of the molecule is C[C@H](Cc1cn(Cc2csc(N)n2)nn1)c1ccccc1. The molecule has 21 heavy (non-hydrogen) atoms. The molecule has 2 aromatic heterocycles. The van der Waals surface area contributed by atoms with E-state index in [1.807, 2.05) is 22.3 Å². The van der Waals surface area contributed by atoms with Crippen molar-refractivity contribution in [2.24, 2.45) is 0 Å². The molecule has 108 valence electrons. The molecule has 0 aliphatic rings. The maximum absolute atomic E-state index is 5.63. The van der Waals surface area contributed by atoms with E-state index in [0.29, 0.717) is 17.6 Å². The van der Waals surface area contributed by atoms with Crippen molar-refractivity contribution in [2.75, 3.05) is 5.73 Å². The van der Waals surface area contributed by atoms with Crippen LogP contribution in [0.25, 0.3) is 0 Å². The first-order chi connectivity index (χ1) is 10.2. The molecule has 0 fully saturated rings. The molecule has 5 nitrogen and oxygen atoms in total. The number of nitrogen functional groups attached to an aromatic ring is 1. The lowest BCUT2D eigenvalue weighted by molar-refractivity contribution is 0.640. The Labute approximate surface area is 127 Å². The summed E-state index contributed by atoms with van der Waals surface area (Å²) < 4.78 is 1.81. The Morgan fingerprint density at radius 2 is 2.05 bits per heavy atom. The first-order valence-corrected chi connectivity index (χ1v) is 7.72. The average Bonchev–Trinajstić information content (AvgIpc) is 3.09. The number of nitrogens with zero attached hydrogens (tertiary/aromatic N) is 4. The van der Waals surface area contributed by atoms with Gasteiger partial charge in [-0.25, -0.2) is 9.67 Å². The van der Waals surface area contributed by atoms with Gasteiger partial charge in [-0.2, -0.15) is 0 Å². The molecule has 0 aliphatic carbocycles. The zero-order valence-corrected chi connectivity index (χ0v) is 12.6. The van der Waals surface area contributed by atoms with Crippen LogP contribution in [0.15, 0.2) is 41.9 Å². The average molecular weight is 299 g/mol. The zero-order valence-electron chi connectivity index (χ0n) is 11.8. The molecule has 0 unspecified atom stereocenters. The van der Waals surface area contributed by atoms with E-state index < -0.39 is 0 Å². The second-order valence-corrected chi connectivity index (χ2v) is 5.99. The number of thiazole rings is 1. The third-order valence-corrected chi connectivity index (χ3v) is 4.09. The largest absolute Gasteiger partial charge is 0.375 e. The van der Waals surface area contributed by atoms with Gasteiger partial charge in [0.1, 0.15) is 0 Å². The summed E-state index contributed by atoms with van der Waals surface area (Å²) in [5.41, 5.74) is 8.87. The quantitative estimate of drug-likeness (QED) is 0.786. The molecule has 6 heteroatoms. The van der Waals surface area contributed by atoms with Crippen LogP contribution >= 0.6 is 11.3 Å². The summed E-state index contributed by atoms with van der Waals surface area (Å²) in [6, 6.07) is 10.5. The standard InChI is InChI=1S/C15H17N5S/c1-11(12-5-3-2-4-6-12)7-13-8-20(19-18-13)9-14-10-21-15(16)17-14/h2-6,8,10-11H,7,9H2,1H3,(H2,16,17)/t11-/m1/s1. The molecule has 1 atom stereocenters. The van der Waals surface area contributed by atoms with Crippen LogP contribution in [0.5, 0.6) is 0 Å². The Hall–Kier alpha value is -2.21. The van der Waals surface area contributed by atoms with Gasteiger partial charge in [0.05, 0.1) is 17.9 Å². The van der Waals surface area contributed by atoms with E-state index in [1.54, 1.807) is 0 Å². The van der Waals surface area contributed by atoms with Crippen LogP contribution in [-0.2, 0) is 13.0 Å². The molecule has 0 radical (unpaired) electrons. The normalized spacial score (nSPS) is 12.4. The molecular weight excluding hydrogens is 282 g/mol. The van der Waals surface area contributed by atoms with Gasteiger partial charge in [-0.1, -0.05) is 42.5 Å². The fourth-order valence-corrected chi connectivity index (χ4v) is 2.84. The van der Waals surface area contributed by atoms with Gasteiger partial charge < -0.3 is 5.73 Å². The maximum atomic E-state index is 5.63. The minimum atomic E-state index is 0.422. The summed E-state index contributed by atoms with van der Waals surface area (Å²) in [7, 11) is 0. The molecule has 3 aromatic rings. The van der Waals surface area contributed by atoms with Crippen LogP contribution in [0.1, 0.15) is 29.8 Å². The van der Waals surface area contributed by atoms with E-state index >= 15 is 0 Å². The fraction of sp³-hybridized carbons (Fsp3) is 0.267. The molecule has 2 heterocycles. The second kappa shape index (κ2) is 6.05. The molecule has 0 saturated heterocycles. The molecule has 2 N–H and O–H groups in total. The lowest BCUT2D eigenvalue weighted by Crippen LogP contribution is -2.01. The van der Waals surface area contributed by atoms with Gasteiger partial charge in [-0.15, -0.1) is 16.4 Å². The topological polar surface area (TPSA) is 69.6 Å². The second-order valence-electron chi connectivity index (χ2n) is 5.10. The summed E-state index contributed by atoms with van der Waals surface area (Å²) >= 11 is 1.44. The summed E-state index contributed by atoms with van der Waals surface area (Å²) in [4.78, 5) is 4.23. The number of aromatic nitrogens is 4. The van der Waals surface area contributed by atoms with E-state index in [9.17, 15) is 0 Å². The van der Waals surface area contributed by atoms with E-state index in [-0.39, 0.29) is 0 Å². The van der Waals surface area contributed by atoms with Crippen molar-refractivity contribution >= 4 is 16.5 Å². The lowest BCUT2D eigenvalue weighted by Gasteiger charge is -2.09. The Bertz CT molecular complexity index is 704. The van der Waals surface area contributed by atoms with Crippen LogP contribution in [0, 0.1) is 0 Å². The van der Waals surface area contributed by atoms with Gasteiger partial charge in [0.15, 0.2) is 5.13 Å². The Balaban J connectivity index is 1.65. The van der Waals surface area contributed by atoms with Crippen LogP contribution < -0.4 is 5.73 Å². The zero-order chi connectivity index (χ0) is 14.7. The van der Waals surface area contributed by atoms with Gasteiger partial charge in [0.2, 0.25) is 0 Å². The smallest absolute Gasteiger partial charge is 0.180 e. The monoisotopic (exact) mass is 299 g/mol. The minimum Gasteiger partial charge on any atom is -0.375 e. The third-order valence-electron chi connectivity index (χ3n) is 3.36.